The predicted molar refractivity (Wildman–Crippen MR) is 117 cm³/mol. The number of hydrazone groups is 1. The molecule has 8 heteroatoms. The van der Waals surface area contributed by atoms with Gasteiger partial charge < -0.3 is 10.6 Å². The van der Waals surface area contributed by atoms with Gasteiger partial charge in [0.2, 0.25) is 0 Å². The van der Waals surface area contributed by atoms with Gasteiger partial charge in [-0.2, -0.15) is 5.10 Å². The third-order valence-electron chi connectivity index (χ3n) is 3.93. The maximum absolute atomic E-state index is 12.5. The molecule has 3 aromatic rings. The Kier molecular flexibility index (Phi) is 6.91. The second-order valence-corrected chi connectivity index (χ2v) is 6.45. The lowest BCUT2D eigenvalue weighted by atomic mass is 10.1. The summed E-state index contributed by atoms with van der Waals surface area (Å²) in [7, 11) is 0. The number of carbonyl (C=O) groups is 3. The van der Waals surface area contributed by atoms with Crippen LogP contribution < -0.4 is 16.1 Å². The lowest BCUT2D eigenvalue weighted by molar-refractivity contribution is -0.136. The summed E-state index contributed by atoms with van der Waals surface area (Å²) in [5.41, 5.74) is 3.72. The molecule has 3 aromatic carbocycles. The molecule has 0 aliphatic rings. The van der Waals surface area contributed by atoms with Gasteiger partial charge in [-0.1, -0.05) is 60.1 Å². The molecule has 0 unspecified atom stereocenters. The summed E-state index contributed by atoms with van der Waals surface area (Å²) in [6.07, 6.45) is 1.33. The van der Waals surface area contributed by atoms with Crippen molar-refractivity contribution in [1.29, 1.82) is 0 Å². The molecule has 7 nitrogen and oxygen atoms in total. The summed E-state index contributed by atoms with van der Waals surface area (Å²) < 4.78 is 0. The topological polar surface area (TPSA) is 99.7 Å². The third kappa shape index (κ3) is 5.52. The molecular weight excluding hydrogens is 404 g/mol. The van der Waals surface area contributed by atoms with Crippen molar-refractivity contribution in [3.05, 3.63) is 95.0 Å². The fourth-order valence-electron chi connectivity index (χ4n) is 2.48. The molecule has 0 aromatic heterocycles. The summed E-state index contributed by atoms with van der Waals surface area (Å²) >= 11 is 5.99. The van der Waals surface area contributed by atoms with Crippen LogP contribution in [0.2, 0.25) is 5.02 Å². The predicted octanol–water partition coefficient (Wildman–Crippen LogP) is 3.68. The van der Waals surface area contributed by atoms with Gasteiger partial charge in [0, 0.05) is 16.3 Å². The molecule has 3 amide bonds. The molecule has 0 spiro atoms. The number of carbonyl (C=O) groups excluding carboxylic acids is 3. The first-order chi connectivity index (χ1) is 14.5. The van der Waals surface area contributed by atoms with E-state index in [0.29, 0.717) is 16.3 Å². The number of halogens is 1. The highest BCUT2D eigenvalue weighted by Crippen LogP contribution is 2.17. The molecule has 0 fully saturated rings. The highest BCUT2D eigenvalue weighted by Gasteiger charge is 2.17. The van der Waals surface area contributed by atoms with Crippen LogP contribution >= 0.6 is 11.6 Å². The Bertz CT molecular complexity index is 1100. The van der Waals surface area contributed by atoms with Gasteiger partial charge in [0.05, 0.1) is 17.5 Å². The van der Waals surface area contributed by atoms with E-state index in [1.807, 2.05) is 6.07 Å². The molecule has 3 N–H and O–H groups in total. The highest BCUT2D eigenvalue weighted by atomic mass is 35.5. The number of nitrogens with one attached hydrogen (secondary N) is 3. The Morgan fingerprint density at radius 3 is 2.20 bits per heavy atom. The minimum absolute atomic E-state index is 0.196. The van der Waals surface area contributed by atoms with Gasteiger partial charge in [-0.25, -0.2) is 5.43 Å². The molecule has 0 bridgehead atoms. The summed E-state index contributed by atoms with van der Waals surface area (Å²) in [4.78, 5) is 36.8. The number of para-hydroxylation sites is 2. The van der Waals surface area contributed by atoms with Crippen LogP contribution in [0.1, 0.15) is 15.9 Å². The van der Waals surface area contributed by atoms with E-state index in [2.05, 4.69) is 21.2 Å². The van der Waals surface area contributed by atoms with Gasteiger partial charge in [-0.3, -0.25) is 14.4 Å². The van der Waals surface area contributed by atoms with E-state index in [1.54, 1.807) is 66.7 Å². The fourth-order valence-corrected chi connectivity index (χ4v) is 2.66. The zero-order valence-electron chi connectivity index (χ0n) is 15.6. The van der Waals surface area contributed by atoms with Crippen molar-refractivity contribution in [2.45, 2.75) is 0 Å². The number of hydrogen-bond donors (Lipinski definition) is 3. The monoisotopic (exact) mass is 420 g/mol. The van der Waals surface area contributed by atoms with Crippen molar-refractivity contribution in [2.75, 3.05) is 10.6 Å². The van der Waals surface area contributed by atoms with Gasteiger partial charge in [-0.15, -0.1) is 0 Å². The van der Waals surface area contributed by atoms with E-state index in [0.717, 1.165) is 0 Å². The smallest absolute Gasteiger partial charge is 0.322 e. The van der Waals surface area contributed by atoms with E-state index < -0.39 is 17.7 Å². The van der Waals surface area contributed by atoms with E-state index in [9.17, 15) is 14.4 Å². The van der Waals surface area contributed by atoms with E-state index in [1.165, 1.54) is 12.3 Å². The Labute approximate surface area is 177 Å². The van der Waals surface area contributed by atoms with Crippen LogP contribution in [0.4, 0.5) is 11.4 Å². The normalized spacial score (nSPS) is 10.4. The minimum Gasteiger partial charge on any atom is -0.322 e. The number of benzene rings is 3. The van der Waals surface area contributed by atoms with Gasteiger partial charge in [0.15, 0.2) is 0 Å². The molecule has 0 aliphatic heterocycles. The molecule has 0 heterocycles. The first-order valence-corrected chi connectivity index (χ1v) is 9.27. The molecule has 0 saturated carbocycles. The van der Waals surface area contributed by atoms with Crippen molar-refractivity contribution in [3.8, 4) is 0 Å². The molecule has 0 radical (unpaired) electrons. The maximum Gasteiger partial charge on any atom is 0.329 e. The van der Waals surface area contributed by atoms with Crippen molar-refractivity contribution >= 4 is 46.9 Å². The fraction of sp³-hybridized carbons (Fsp3) is 0. The van der Waals surface area contributed by atoms with Crippen LogP contribution in [-0.2, 0) is 9.59 Å². The van der Waals surface area contributed by atoms with Gasteiger partial charge in [0.25, 0.3) is 5.91 Å². The molecule has 0 saturated heterocycles. The third-order valence-corrected chi connectivity index (χ3v) is 4.28. The van der Waals surface area contributed by atoms with Crippen molar-refractivity contribution < 1.29 is 14.4 Å². The standard InChI is InChI=1S/C22H17ClN4O3/c23-18-12-6-4-8-15(18)14-24-27-22(30)21(29)26-19-13-7-5-11-17(19)20(28)25-16-9-2-1-3-10-16/h1-14H,(H,25,28)(H,26,29)(H,27,30)/b24-14-. The average molecular weight is 421 g/mol. The Balaban J connectivity index is 1.64. The Morgan fingerprint density at radius 1 is 0.767 bits per heavy atom. The quantitative estimate of drug-likeness (QED) is 0.333. The largest absolute Gasteiger partial charge is 0.329 e. The molecule has 150 valence electrons. The summed E-state index contributed by atoms with van der Waals surface area (Å²) in [5.74, 6) is -2.38. The second-order valence-electron chi connectivity index (χ2n) is 6.04. The first-order valence-electron chi connectivity index (χ1n) is 8.89. The zero-order valence-corrected chi connectivity index (χ0v) is 16.4. The van der Waals surface area contributed by atoms with E-state index >= 15 is 0 Å². The Hall–Kier alpha value is -3.97. The molecule has 0 aliphatic carbocycles. The van der Waals surface area contributed by atoms with Gasteiger partial charge in [0.1, 0.15) is 0 Å². The highest BCUT2D eigenvalue weighted by molar-refractivity contribution is 6.40. The second kappa shape index (κ2) is 9.99. The number of nitrogens with zero attached hydrogens (tertiary/aromatic N) is 1. The SMILES string of the molecule is O=C(N/N=C\c1ccccc1Cl)C(=O)Nc1ccccc1C(=O)Nc1ccccc1. The molecule has 30 heavy (non-hydrogen) atoms. The first kappa shape index (κ1) is 20.8. The van der Waals surface area contributed by atoms with E-state index in [-0.39, 0.29) is 11.3 Å². The summed E-state index contributed by atoms with van der Waals surface area (Å²) in [6, 6.07) is 22.2. The van der Waals surface area contributed by atoms with Crippen LogP contribution in [0.15, 0.2) is 84.0 Å². The number of rotatable bonds is 5. The Morgan fingerprint density at radius 2 is 1.43 bits per heavy atom. The van der Waals surface area contributed by atoms with Crippen LogP contribution in [0.5, 0.6) is 0 Å². The average Bonchev–Trinajstić information content (AvgIpc) is 2.76. The van der Waals surface area contributed by atoms with Crippen LogP contribution in [0, 0.1) is 0 Å². The zero-order chi connectivity index (χ0) is 21.3. The van der Waals surface area contributed by atoms with E-state index in [4.69, 9.17) is 11.6 Å². The number of hydrogen-bond acceptors (Lipinski definition) is 4. The molecular formula is C22H17ClN4O3. The van der Waals surface area contributed by atoms with Gasteiger partial charge >= 0.3 is 11.8 Å². The lowest BCUT2D eigenvalue weighted by Crippen LogP contribution is -2.33. The van der Waals surface area contributed by atoms with Crippen molar-refractivity contribution in [1.82, 2.24) is 5.43 Å². The minimum atomic E-state index is -0.989. The van der Waals surface area contributed by atoms with Crippen LogP contribution in [-0.4, -0.2) is 23.9 Å². The molecule has 3 rings (SSSR count). The van der Waals surface area contributed by atoms with Crippen LogP contribution in [0.25, 0.3) is 0 Å². The maximum atomic E-state index is 12.5. The number of amides is 3. The van der Waals surface area contributed by atoms with Crippen molar-refractivity contribution in [2.24, 2.45) is 5.10 Å². The summed E-state index contributed by atoms with van der Waals surface area (Å²) in [6.45, 7) is 0. The summed E-state index contributed by atoms with van der Waals surface area (Å²) in [5, 5.41) is 9.34. The lowest BCUT2D eigenvalue weighted by Gasteiger charge is -2.11. The van der Waals surface area contributed by atoms with Gasteiger partial charge in [-0.05, 0) is 30.3 Å². The van der Waals surface area contributed by atoms with Crippen LogP contribution in [0.3, 0.4) is 0 Å². The number of anilines is 2. The van der Waals surface area contributed by atoms with Crippen molar-refractivity contribution in [3.63, 3.8) is 0 Å². The molecule has 0 atom stereocenters.